The van der Waals surface area contributed by atoms with E-state index in [4.69, 9.17) is 0 Å². The van der Waals surface area contributed by atoms with Crippen LogP contribution in [0.15, 0.2) is 0 Å². The van der Waals surface area contributed by atoms with E-state index < -0.39 is 5.60 Å². The molecule has 1 aliphatic heterocycles. The fourth-order valence-corrected chi connectivity index (χ4v) is 3.04. The lowest BCUT2D eigenvalue weighted by molar-refractivity contribution is 0.0320. The summed E-state index contributed by atoms with van der Waals surface area (Å²) in [6.07, 6.45) is 3.03. The van der Waals surface area contributed by atoms with Gasteiger partial charge in [0.25, 0.3) is 0 Å². The summed E-state index contributed by atoms with van der Waals surface area (Å²) in [6, 6.07) is 0. The van der Waals surface area contributed by atoms with Crippen LogP contribution in [0.5, 0.6) is 0 Å². The quantitative estimate of drug-likeness (QED) is 0.712. The molecule has 0 radical (unpaired) electrons. The molecule has 0 bridgehead atoms. The van der Waals surface area contributed by atoms with Crippen LogP contribution in [0, 0.1) is 5.92 Å². The van der Waals surface area contributed by atoms with Gasteiger partial charge in [-0.2, -0.15) is 11.8 Å². The molecular formula is C11H23NOS. The van der Waals surface area contributed by atoms with Gasteiger partial charge >= 0.3 is 0 Å². The third-order valence-electron chi connectivity index (χ3n) is 3.23. The third kappa shape index (κ3) is 3.79. The highest BCUT2D eigenvalue weighted by Gasteiger charge is 2.22. The van der Waals surface area contributed by atoms with E-state index in [-0.39, 0.29) is 0 Å². The van der Waals surface area contributed by atoms with Gasteiger partial charge in [-0.15, -0.1) is 0 Å². The molecule has 0 aromatic rings. The largest absolute Gasteiger partial charge is 0.389 e. The molecule has 3 heteroatoms. The van der Waals surface area contributed by atoms with Gasteiger partial charge in [-0.05, 0) is 43.2 Å². The molecule has 84 valence electrons. The molecule has 1 saturated heterocycles. The zero-order valence-electron chi connectivity index (χ0n) is 9.38. The topological polar surface area (TPSA) is 32.3 Å². The van der Waals surface area contributed by atoms with Gasteiger partial charge in [0.15, 0.2) is 0 Å². The molecule has 2 nitrogen and oxygen atoms in total. The molecule has 2 N–H and O–H groups in total. The Balaban J connectivity index is 2.12. The molecule has 14 heavy (non-hydrogen) atoms. The van der Waals surface area contributed by atoms with E-state index in [1.165, 1.54) is 17.9 Å². The molecule has 1 heterocycles. The minimum atomic E-state index is -0.480. The molecule has 1 fully saturated rings. The lowest BCUT2D eigenvalue weighted by Gasteiger charge is -2.26. The van der Waals surface area contributed by atoms with Crippen LogP contribution in [0.3, 0.4) is 0 Å². The second-order valence-corrected chi connectivity index (χ2v) is 5.44. The average molecular weight is 217 g/mol. The van der Waals surface area contributed by atoms with Crippen LogP contribution in [-0.2, 0) is 0 Å². The van der Waals surface area contributed by atoms with E-state index in [9.17, 15) is 5.11 Å². The predicted octanol–water partition coefficient (Wildman–Crippen LogP) is 1.88. The summed E-state index contributed by atoms with van der Waals surface area (Å²) in [5.74, 6) is 3.44. The Bertz CT molecular complexity index is 153. The first-order chi connectivity index (χ1) is 6.70. The van der Waals surface area contributed by atoms with Crippen LogP contribution < -0.4 is 5.32 Å². The van der Waals surface area contributed by atoms with Gasteiger partial charge in [0.2, 0.25) is 0 Å². The summed E-state index contributed by atoms with van der Waals surface area (Å²) in [4.78, 5) is 0. The van der Waals surface area contributed by atoms with Crippen molar-refractivity contribution in [1.29, 1.82) is 0 Å². The maximum atomic E-state index is 10.0. The number of aliphatic hydroxyl groups is 1. The predicted molar refractivity (Wildman–Crippen MR) is 63.8 cm³/mol. The Hall–Kier alpha value is 0.270. The summed E-state index contributed by atoms with van der Waals surface area (Å²) < 4.78 is 0. The van der Waals surface area contributed by atoms with Gasteiger partial charge in [-0.25, -0.2) is 0 Å². The highest BCUT2D eigenvalue weighted by atomic mass is 32.2. The summed E-state index contributed by atoms with van der Waals surface area (Å²) >= 11 is 2.05. The van der Waals surface area contributed by atoms with Crippen LogP contribution in [0.4, 0.5) is 0 Å². The van der Waals surface area contributed by atoms with Crippen molar-refractivity contribution in [3.8, 4) is 0 Å². The van der Waals surface area contributed by atoms with E-state index in [0.29, 0.717) is 0 Å². The van der Waals surface area contributed by atoms with Crippen molar-refractivity contribution in [2.75, 3.05) is 24.6 Å². The molecule has 0 saturated carbocycles. The highest BCUT2D eigenvalue weighted by molar-refractivity contribution is 7.99. The monoisotopic (exact) mass is 217 g/mol. The number of nitrogens with one attached hydrogen (secondary N) is 1. The van der Waals surface area contributed by atoms with Gasteiger partial charge in [-0.1, -0.05) is 13.8 Å². The van der Waals surface area contributed by atoms with Crippen molar-refractivity contribution >= 4 is 11.8 Å². The Morgan fingerprint density at radius 3 is 2.64 bits per heavy atom. The maximum Gasteiger partial charge on any atom is 0.0766 e. The first kappa shape index (κ1) is 12.3. The summed E-state index contributed by atoms with van der Waals surface area (Å²) in [7, 11) is 0. The number of hydrogen-bond donors (Lipinski definition) is 2. The van der Waals surface area contributed by atoms with Crippen LogP contribution in [0.1, 0.15) is 33.1 Å². The Labute approximate surface area is 91.9 Å². The lowest BCUT2D eigenvalue weighted by Crippen LogP contribution is -2.41. The van der Waals surface area contributed by atoms with Gasteiger partial charge < -0.3 is 10.4 Å². The number of hydrogen-bond acceptors (Lipinski definition) is 3. The van der Waals surface area contributed by atoms with Crippen molar-refractivity contribution in [3.05, 3.63) is 0 Å². The molecule has 0 aromatic heterocycles. The smallest absolute Gasteiger partial charge is 0.0766 e. The number of rotatable bonds is 6. The van der Waals surface area contributed by atoms with E-state index in [1.807, 2.05) is 11.8 Å². The summed E-state index contributed by atoms with van der Waals surface area (Å²) in [5.41, 5.74) is -0.480. The van der Waals surface area contributed by atoms with E-state index in [0.717, 1.165) is 31.8 Å². The summed E-state index contributed by atoms with van der Waals surface area (Å²) in [5, 5.41) is 13.4. The normalized spacial score (nSPS) is 22.9. The van der Waals surface area contributed by atoms with Crippen LogP contribution in [0.2, 0.25) is 0 Å². The Morgan fingerprint density at radius 2 is 2.14 bits per heavy atom. The van der Waals surface area contributed by atoms with Crippen LogP contribution in [0.25, 0.3) is 0 Å². The van der Waals surface area contributed by atoms with Crippen molar-refractivity contribution in [2.45, 2.75) is 38.7 Å². The fraction of sp³-hybridized carbons (Fsp3) is 1.00. The molecular weight excluding hydrogens is 194 g/mol. The molecule has 0 amide bonds. The molecule has 0 aliphatic carbocycles. The van der Waals surface area contributed by atoms with E-state index in [1.54, 1.807) is 0 Å². The zero-order valence-corrected chi connectivity index (χ0v) is 10.2. The standard InChI is InChI=1S/C11H23NOS/c1-3-11(13,4-2)9-12-7-10-5-6-14-8-10/h10,12-13H,3-9H2,1-2H3. The van der Waals surface area contributed by atoms with Crippen molar-refractivity contribution < 1.29 is 5.11 Å². The van der Waals surface area contributed by atoms with Gasteiger partial charge in [-0.3, -0.25) is 0 Å². The van der Waals surface area contributed by atoms with E-state index in [2.05, 4.69) is 19.2 Å². The minimum Gasteiger partial charge on any atom is -0.389 e. The Morgan fingerprint density at radius 1 is 1.43 bits per heavy atom. The SMILES string of the molecule is CCC(O)(CC)CNCC1CCSC1. The van der Waals surface area contributed by atoms with Crippen molar-refractivity contribution in [1.82, 2.24) is 5.32 Å². The molecule has 1 aliphatic rings. The van der Waals surface area contributed by atoms with Crippen LogP contribution in [-0.4, -0.2) is 35.3 Å². The molecule has 0 aromatic carbocycles. The number of thioether (sulfide) groups is 1. The first-order valence-electron chi connectivity index (χ1n) is 5.71. The molecule has 1 atom stereocenters. The minimum absolute atomic E-state index is 0.480. The average Bonchev–Trinajstić information content (AvgIpc) is 2.70. The molecule has 1 rings (SSSR count). The van der Waals surface area contributed by atoms with Crippen molar-refractivity contribution in [3.63, 3.8) is 0 Å². The molecule has 0 spiro atoms. The second-order valence-electron chi connectivity index (χ2n) is 4.29. The van der Waals surface area contributed by atoms with Gasteiger partial charge in [0.05, 0.1) is 5.60 Å². The van der Waals surface area contributed by atoms with E-state index >= 15 is 0 Å². The summed E-state index contributed by atoms with van der Waals surface area (Å²) in [6.45, 7) is 5.93. The maximum absolute atomic E-state index is 10.0. The first-order valence-corrected chi connectivity index (χ1v) is 6.86. The lowest BCUT2D eigenvalue weighted by atomic mass is 9.97. The fourth-order valence-electron chi connectivity index (χ4n) is 1.75. The zero-order chi connectivity index (χ0) is 10.4. The van der Waals surface area contributed by atoms with Crippen LogP contribution >= 0.6 is 11.8 Å². The molecule has 1 unspecified atom stereocenters. The van der Waals surface area contributed by atoms with Gasteiger partial charge in [0.1, 0.15) is 0 Å². The van der Waals surface area contributed by atoms with Crippen molar-refractivity contribution in [2.24, 2.45) is 5.92 Å². The second kappa shape index (κ2) is 5.99. The Kier molecular flexibility index (Phi) is 5.28. The third-order valence-corrected chi connectivity index (χ3v) is 4.46. The highest BCUT2D eigenvalue weighted by Crippen LogP contribution is 2.22. The van der Waals surface area contributed by atoms with Gasteiger partial charge in [0, 0.05) is 6.54 Å².